The van der Waals surface area contributed by atoms with Gasteiger partial charge in [0.25, 0.3) is 0 Å². The van der Waals surface area contributed by atoms with Crippen LogP contribution in [0.15, 0.2) is 12.2 Å². The van der Waals surface area contributed by atoms with Gasteiger partial charge in [-0.1, -0.05) is 12.2 Å². The van der Waals surface area contributed by atoms with Crippen molar-refractivity contribution in [3.63, 3.8) is 0 Å². The van der Waals surface area contributed by atoms with Crippen LogP contribution < -0.4 is 5.73 Å². The lowest BCUT2D eigenvalue weighted by Crippen LogP contribution is -2.62. The highest BCUT2D eigenvalue weighted by molar-refractivity contribution is 7.99. The average Bonchev–Trinajstić information content (AvgIpc) is 2.89. The van der Waals surface area contributed by atoms with Crippen molar-refractivity contribution < 1.29 is 20.1 Å². The second kappa shape index (κ2) is 5.90. The molecule has 5 nitrogen and oxygen atoms in total. The molecule has 6 heteroatoms. The summed E-state index contributed by atoms with van der Waals surface area (Å²) in [4.78, 5) is 0. The van der Waals surface area contributed by atoms with Crippen molar-refractivity contribution in [1.82, 2.24) is 0 Å². The van der Waals surface area contributed by atoms with Gasteiger partial charge in [-0.15, -0.1) is 11.8 Å². The molecule has 1 saturated heterocycles. The molecule has 0 bridgehead atoms. The van der Waals surface area contributed by atoms with Crippen molar-refractivity contribution in [3.8, 4) is 0 Å². The summed E-state index contributed by atoms with van der Waals surface area (Å²) in [5, 5.41) is 29.6. The Labute approximate surface area is 111 Å². The van der Waals surface area contributed by atoms with Crippen LogP contribution in [0.3, 0.4) is 0 Å². The molecule has 0 aromatic carbocycles. The van der Waals surface area contributed by atoms with Gasteiger partial charge in [-0.25, -0.2) is 0 Å². The Morgan fingerprint density at radius 1 is 1.28 bits per heavy atom. The van der Waals surface area contributed by atoms with Crippen LogP contribution in [0.25, 0.3) is 0 Å². The van der Waals surface area contributed by atoms with Gasteiger partial charge >= 0.3 is 0 Å². The smallest absolute Gasteiger partial charge is 0.132 e. The van der Waals surface area contributed by atoms with E-state index in [0.29, 0.717) is 0 Å². The van der Waals surface area contributed by atoms with Crippen molar-refractivity contribution in [2.45, 2.75) is 48.7 Å². The molecule has 18 heavy (non-hydrogen) atoms. The van der Waals surface area contributed by atoms with Crippen LogP contribution in [0.4, 0.5) is 0 Å². The first-order valence-electron chi connectivity index (χ1n) is 6.21. The largest absolute Gasteiger partial charge is 0.388 e. The molecule has 5 N–H and O–H groups in total. The van der Waals surface area contributed by atoms with Gasteiger partial charge in [0.05, 0.1) is 0 Å². The van der Waals surface area contributed by atoms with Gasteiger partial charge in [0, 0.05) is 6.04 Å². The van der Waals surface area contributed by atoms with Crippen LogP contribution >= 0.6 is 11.8 Å². The normalized spacial score (nSPS) is 46.3. The van der Waals surface area contributed by atoms with E-state index in [1.807, 2.05) is 6.08 Å². The highest BCUT2D eigenvalue weighted by atomic mass is 32.2. The quantitative estimate of drug-likeness (QED) is 0.516. The van der Waals surface area contributed by atoms with Gasteiger partial charge in [0.2, 0.25) is 0 Å². The summed E-state index contributed by atoms with van der Waals surface area (Å²) in [5.41, 5.74) is 5.58. The predicted molar refractivity (Wildman–Crippen MR) is 70.0 cm³/mol. The molecule has 7 atom stereocenters. The van der Waals surface area contributed by atoms with E-state index in [2.05, 4.69) is 6.08 Å². The van der Waals surface area contributed by atoms with Crippen LogP contribution in [0.1, 0.15) is 12.8 Å². The molecule has 0 saturated carbocycles. The third-order valence-electron chi connectivity index (χ3n) is 3.76. The van der Waals surface area contributed by atoms with E-state index in [-0.39, 0.29) is 12.0 Å². The Bertz CT molecular complexity index is 312. The topological polar surface area (TPSA) is 95.9 Å². The van der Waals surface area contributed by atoms with Gasteiger partial charge in [0.1, 0.15) is 29.9 Å². The summed E-state index contributed by atoms with van der Waals surface area (Å²) in [6, 6.07) is -0.365. The maximum Gasteiger partial charge on any atom is 0.132 e. The Kier molecular flexibility index (Phi) is 4.69. The molecular weight excluding hydrogens is 254 g/mol. The lowest BCUT2D eigenvalue weighted by Gasteiger charge is -2.43. The van der Waals surface area contributed by atoms with Gasteiger partial charge in [-0.2, -0.15) is 0 Å². The van der Waals surface area contributed by atoms with Crippen LogP contribution in [-0.2, 0) is 4.74 Å². The summed E-state index contributed by atoms with van der Waals surface area (Å²) in [5.74, 6) is 0.162. The first-order valence-corrected chi connectivity index (χ1v) is 7.49. The Balaban J connectivity index is 2.08. The van der Waals surface area contributed by atoms with E-state index >= 15 is 0 Å². The van der Waals surface area contributed by atoms with Crippen LogP contribution in [0, 0.1) is 5.92 Å². The second-order valence-corrected chi connectivity index (χ2v) is 5.86. The maximum absolute atomic E-state index is 10.0. The minimum atomic E-state index is -1.21. The Hall–Kier alpha value is -0.110. The summed E-state index contributed by atoms with van der Waals surface area (Å²) < 4.78 is 5.65. The van der Waals surface area contributed by atoms with Gasteiger partial charge in [0.15, 0.2) is 0 Å². The first-order chi connectivity index (χ1) is 8.56. The zero-order chi connectivity index (χ0) is 13.3. The van der Waals surface area contributed by atoms with Crippen molar-refractivity contribution in [1.29, 1.82) is 0 Å². The molecule has 1 aliphatic carbocycles. The highest BCUT2D eigenvalue weighted by Crippen LogP contribution is 2.32. The second-order valence-electron chi connectivity index (χ2n) is 4.92. The third kappa shape index (κ3) is 2.59. The fraction of sp³-hybridized carbons (Fsp3) is 0.833. The summed E-state index contributed by atoms with van der Waals surface area (Å²) in [6.45, 7) is 0. The minimum absolute atomic E-state index is 0.162. The molecule has 3 unspecified atom stereocenters. The van der Waals surface area contributed by atoms with Gasteiger partial charge in [-0.3, -0.25) is 0 Å². The minimum Gasteiger partial charge on any atom is -0.388 e. The van der Waals surface area contributed by atoms with Crippen LogP contribution in [0.5, 0.6) is 0 Å². The Morgan fingerprint density at radius 3 is 2.56 bits per heavy atom. The summed E-state index contributed by atoms with van der Waals surface area (Å²) >= 11 is 1.31. The number of allylic oxidation sites excluding steroid dienone is 1. The summed E-state index contributed by atoms with van der Waals surface area (Å²) in [7, 11) is 0. The fourth-order valence-corrected chi connectivity index (χ4v) is 3.29. The molecule has 0 radical (unpaired) electrons. The van der Waals surface area contributed by atoms with Crippen molar-refractivity contribution in [2.24, 2.45) is 11.7 Å². The number of nitrogens with two attached hydrogens (primary N) is 1. The number of hydrogen-bond acceptors (Lipinski definition) is 6. The van der Waals surface area contributed by atoms with Crippen LogP contribution in [-0.4, -0.2) is 57.5 Å². The highest BCUT2D eigenvalue weighted by Gasteiger charge is 2.46. The standard InChI is InChI=1S/C12H21NO4S/c1-18-12-10(16)8(14)9(15)11(17-12)7(13)6-4-2-3-5-6/h2,4,6-12,14-16H,3,5,13H2,1H3/t6-,7+,8?,9?,10+,11+,12?/m0/s1. The van der Waals surface area contributed by atoms with Crippen molar-refractivity contribution in [2.75, 3.05) is 6.26 Å². The van der Waals surface area contributed by atoms with E-state index in [4.69, 9.17) is 10.5 Å². The van der Waals surface area contributed by atoms with Crippen LogP contribution in [0.2, 0.25) is 0 Å². The summed E-state index contributed by atoms with van der Waals surface area (Å²) in [6.07, 6.45) is 3.73. The molecule has 0 amide bonds. The molecule has 1 fully saturated rings. The zero-order valence-electron chi connectivity index (χ0n) is 10.3. The molecule has 0 aromatic heterocycles. The molecule has 104 valence electrons. The third-order valence-corrected chi connectivity index (χ3v) is 4.62. The maximum atomic E-state index is 10.0. The van der Waals surface area contributed by atoms with E-state index in [0.717, 1.165) is 12.8 Å². The monoisotopic (exact) mass is 275 g/mol. The fourth-order valence-electron chi connectivity index (χ4n) is 2.61. The Morgan fingerprint density at radius 2 is 2.00 bits per heavy atom. The van der Waals surface area contributed by atoms with Gasteiger partial charge in [-0.05, 0) is 25.0 Å². The number of rotatable bonds is 3. The van der Waals surface area contributed by atoms with E-state index in [1.165, 1.54) is 11.8 Å². The first kappa shape index (κ1) is 14.3. The zero-order valence-corrected chi connectivity index (χ0v) is 11.2. The van der Waals surface area contributed by atoms with E-state index < -0.39 is 29.9 Å². The SMILES string of the molecule is CSC1O[C@H]([C@H](N)[C@H]2C=CCC2)C(O)C(O)[C@H]1O. The van der Waals surface area contributed by atoms with Crippen molar-refractivity contribution >= 4 is 11.8 Å². The number of thioether (sulfide) groups is 1. The molecule has 2 rings (SSSR count). The van der Waals surface area contributed by atoms with E-state index in [1.54, 1.807) is 6.26 Å². The number of ether oxygens (including phenoxy) is 1. The molecule has 1 heterocycles. The number of aliphatic hydroxyl groups excluding tert-OH is 3. The molecule has 2 aliphatic rings. The lowest BCUT2D eigenvalue weighted by molar-refractivity contribution is -0.204. The average molecular weight is 275 g/mol. The number of aliphatic hydroxyl groups is 3. The lowest BCUT2D eigenvalue weighted by atomic mass is 9.87. The molecule has 0 spiro atoms. The molecule has 0 aromatic rings. The molecular formula is C12H21NO4S. The predicted octanol–water partition coefficient (Wildman–Crippen LogP) is -0.550. The van der Waals surface area contributed by atoms with Gasteiger partial charge < -0.3 is 25.8 Å². The van der Waals surface area contributed by atoms with E-state index in [9.17, 15) is 15.3 Å². The number of hydrogen-bond donors (Lipinski definition) is 4. The molecule has 1 aliphatic heterocycles. The van der Waals surface area contributed by atoms with Crippen molar-refractivity contribution in [3.05, 3.63) is 12.2 Å².